The van der Waals surface area contributed by atoms with Crippen LogP contribution in [0.15, 0.2) is 0 Å². The maximum Gasteiger partial charge on any atom is 0.222 e. The van der Waals surface area contributed by atoms with Crippen molar-refractivity contribution in [2.45, 2.75) is 76.5 Å². The molecular weight excluding hydrogens is 252 g/mol. The molecule has 1 aliphatic heterocycles. The van der Waals surface area contributed by atoms with Gasteiger partial charge in [0.05, 0.1) is 6.10 Å². The number of rotatable bonds is 6. The van der Waals surface area contributed by atoms with Gasteiger partial charge in [0.1, 0.15) is 0 Å². The number of hydrogen-bond acceptors (Lipinski definition) is 3. The maximum atomic E-state index is 12.3. The number of carbonyl (C=O) groups excluding carboxylic acids is 1. The number of amides is 1. The Hall–Kier alpha value is -0.610. The minimum atomic E-state index is 0.299. The van der Waals surface area contributed by atoms with Crippen LogP contribution in [-0.4, -0.2) is 49.2 Å². The lowest BCUT2D eigenvalue weighted by Gasteiger charge is -2.35. The average molecular weight is 282 g/mol. The lowest BCUT2D eigenvalue weighted by Crippen LogP contribution is -2.43. The number of carbonyl (C=O) groups is 1. The summed E-state index contributed by atoms with van der Waals surface area (Å²) in [6, 6.07) is 1.11. The zero-order valence-corrected chi connectivity index (χ0v) is 13.1. The predicted octanol–water partition coefficient (Wildman–Crippen LogP) is 2.32. The molecule has 2 fully saturated rings. The van der Waals surface area contributed by atoms with E-state index in [1.54, 1.807) is 0 Å². The van der Waals surface area contributed by atoms with E-state index >= 15 is 0 Å². The van der Waals surface area contributed by atoms with Gasteiger partial charge in [0.15, 0.2) is 0 Å². The van der Waals surface area contributed by atoms with Gasteiger partial charge < -0.3 is 15.0 Å². The van der Waals surface area contributed by atoms with Crippen molar-refractivity contribution < 1.29 is 9.53 Å². The first-order chi connectivity index (χ1) is 9.70. The summed E-state index contributed by atoms with van der Waals surface area (Å²) in [5.74, 6) is 0.299. The van der Waals surface area contributed by atoms with E-state index in [0.29, 0.717) is 30.5 Å². The third kappa shape index (κ3) is 4.45. The Labute approximate surface area is 123 Å². The van der Waals surface area contributed by atoms with E-state index in [1.165, 1.54) is 12.8 Å². The van der Waals surface area contributed by atoms with E-state index < -0.39 is 0 Å². The summed E-state index contributed by atoms with van der Waals surface area (Å²) < 4.78 is 5.59. The molecule has 4 heteroatoms. The van der Waals surface area contributed by atoms with Crippen molar-refractivity contribution >= 4 is 5.91 Å². The Morgan fingerprint density at radius 3 is 2.60 bits per heavy atom. The van der Waals surface area contributed by atoms with Crippen LogP contribution in [-0.2, 0) is 9.53 Å². The summed E-state index contributed by atoms with van der Waals surface area (Å²) in [5.41, 5.74) is 0. The minimum absolute atomic E-state index is 0.299. The molecule has 2 aliphatic rings. The highest BCUT2D eigenvalue weighted by Gasteiger charge is 2.26. The van der Waals surface area contributed by atoms with Crippen LogP contribution in [0.3, 0.4) is 0 Å². The number of nitrogens with one attached hydrogen (secondary N) is 1. The van der Waals surface area contributed by atoms with Crippen molar-refractivity contribution in [1.29, 1.82) is 0 Å². The van der Waals surface area contributed by atoms with Gasteiger partial charge in [0.25, 0.3) is 0 Å². The molecule has 0 radical (unpaired) electrons. The number of nitrogens with zero attached hydrogens (tertiary/aromatic N) is 1. The van der Waals surface area contributed by atoms with Crippen LogP contribution in [0.5, 0.6) is 0 Å². The predicted molar refractivity (Wildman–Crippen MR) is 80.7 cm³/mol. The molecule has 0 aromatic rings. The molecule has 2 rings (SSSR count). The third-order valence-electron chi connectivity index (χ3n) is 4.83. The van der Waals surface area contributed by atoms with E-state index in [0.717, 1.165) is 45.3 Å². The minimum Gasteiger partial charge on any atom is -0.378 e. The van der Waals surface area contributed by atoms with Gasteiger partial charge in [-0.25, -0.2) is 0 Å². The van der Waals surface area contributed by atoms with Gasteiger partial charge in [-0.3, -0.25) is 4.79 Å². The smallest absolute Gasteiger partial charge is 0.222 e. The summed E-state index contributed by atoms with van der Waals surface area (Å²) in [4.78, 5) is 14.3. The standard InChI is InChI=1S/C16H30N2O2/c1-3-17-13-6-8-14(9-7-13)18(2)16(19)11-10-15-5-4-12-20-15/h13-15,17H,3-12H2,1-2H3. The molecule has 1 aliphatic carbocycles. The van der Waals surface area contributed by atoms with Crippen molar-refractivity contribution in [3.8, 4) is 0 Å². The molecule has 0 spiro atoms. The summed E-state index contributed by atoms with van der Waals surface area (Å²) >= 11 is 0. The van der Waals surface area contributed by atoms with Gasteiger partial charge >= 0.3 is 0 Å². The highest BCUT2D eigenvalue weighted by atomic mass is 16.5. The molecule has 1 atom stereocenters. The molecule has 1 unspecified atom stereocenters. The van der Waals surface area contributed by atoms with E-state index in [-0.39, 0.29) is 0 Å². The van der Waals surface area contributed by atoms with E-state index in [2.05, 4.69) is 12.2 Å². The Morgan fingerprint density at radius 2 is 2.00 bits per heavy atom. The van der Waals surface area contributed by atoms with Crippen molar-refractivity contribution in [1.82, 2.24) is 10.2 Å². The first-order valence-corrected chi connectivity index (χ1v) is 8.31. The lowest BCUT2D eigenvalue weighted by molar-refractivity contribution is -0.133. The molecule has 1 saturated carbocycles. The topological polar surface area (TPSA) is 41.6 Å². The second-order valence-corrected chi connectivity index (χ2v) is 6.24. The summed E-state index contributed by atoms with van der Waals surface area (Å²) in [5, 5.41) is 3.52. The molecule has 1 heterocycles. The normalized spacial score (nSPS) is 30.4. The quantitative estimate of drug-likeness (QED) is 0.813. The fourth-order valence-corrected chi connectivity index (χ4v) is 3.49. The van der Waals surface area contributed by atoms with Gasteiger partial charge in [-0.15, -0.1) is 0 Å². The molecule has 116 valence electrons. The van der Waals surface area contributed by atoms with Crippen LogP contribution in [0, 0.1) is 0 Å². The van der Waals surface area contributed by atoms with Crippen LogP contribution in [0.2, 0.25) is 0 Å². The molecule has 4 nitrogen and oxygen atoms in total. The lowest BCUT2D eigenvalue weighted by atomic mass is 9.90. The molecule has 0 aromatic carbocycles. The largest absolute Gasteiger partial charge is 0.378 e. The summed E-state index contributed by atoms with van der Waals surface area (Å²) in [6.45, 7) is 4.08. The van der Waals surface area contributed by atoms with Crippen LogP contribution in [0.1, 0.15) is 58.3 Å². The van der Waals surface area contributed by atoms with Gasteiger partial charge in [0, 0.05) is 32.2 Å². The third-order valence-corrected chi connectivity index (χ3v) is 4.83. The highest BCUT2D eigenvalue weighted by molar-refractivity contribution is 5.76. The van der Waals surface area contributed by atoms with E-state index in [9.17, 15) is 4.79 Å². The molecular formula is C16H30N2O2. The number of hydrogen-bond donors (Lipinski definition) is 1. The number of ether oxygens (including phenoxy) is 1. The zero-order chi connectivity index (χ0) is 14.4. The molecule has 0 bridgehead atoms. The average Bonchev–Trinajstić information content (AvgIpc) is 2.98. The molecule has 20 heavy (non-hydrogen) atoms. The molecule has 1 saturated heterocycles. The Bertz CT molecular complexity index is 295. The monoisotopic (exact) mass is 282 g/mol. The second-order valence-electron chi connectivity index (χ2n) is 6.24. The highest BCUT2D eigenvalue weighted by Crippen LogP contribution is 2.24. The van der Waals surface area contributed by atoms with Gasteiger partial charge in [0.2, 0.25) is 5.91 Å². The van der Waals surface area contributed by atoms with E-state index in [1.807, 2.05) is 11.9 Å². The zero-order valence-electron chi connectivity index (χ0n) is 13.1. The van der Waals surface area contributed by atoms with Gasteiger partial charge in [-0.05, 0) is 51.5 Å². The van der Waals surface area contributed by atoms with Crippen molar-refractivity contribution in [2.75, 3.05) is 20.2 Å². The van der Waals surface area contributed by atoms with E-state index in [4.69, 9.17) is 4.74 Å². The van der Waals surface area contributed by atoms with Gasteiger partial charge in [-0.1, -0.05) is 6.92 Å². The molecule has 0 aromatic heterocycles. The summed E-state index contributed by atoms with van der Waals surface area (Å²) in [6.07, 6.45) is 8.83. The van der Waals surface area contributed by atoms with Crippen LogP contribution in [0.25, 0.3) is 0 Å². The second kappa shape index (κ2) is 7.99. The van der Waals surface area contributed by atoms with Crippen molar-refractivity contribution in [2.24, 2.45) is 0 Å². The maximum absolute atomic E-state index is 12.3. The van der Waals surface area contributed by atoms with Crippen LogP contribution in [0.4, 0.5) is 0 Å². The van der Waals surface area contributed by atoms with Crippen LogP contribution < -0.4 is 5.32 Å². The first-order valence-electron chi connectivity index (χ1n) is 8.31. The molecule has 1 amide bonds. The Balaban J connectivity index is 1.67. The Kier molecular flexibility index (Phi) is 6.30. The van der Waals surface area contributed by atoms with Crippen LogP contribution >= 0.6 is 0 Å². The van der Waals surface area contributed by atoms with Crippen molar-refractivity contribution in [3.63, 3.8) is 0 Å². The van der Waals surface area contributed by atoms with Crippen molar-refractivity contribution in [3.05, 3.63) is 0 Å². The fourth-order valence-electron chi connectivity index (χ4n) is 3.49. The fraction of sp³-hybridized carbons (Fsp3) is 0.938. The Morgan fingerprint density at radius 1 is 1.25 bits per heavy atom. The SMILES string of the molecule is CCNC1CCC(N(C)C(=O)CCC2CCCO2)CC1. The molecule has 1 N–H and O–H groups in total. The van der Waals surface area contributed by atoms with Gasteiger partial charge in [-0.2, -0.15) is 0 Å². The first kappa shape index (κ1) is 15.8. The summed E-state index contributed by atoms with van der Waals surface area (Å²) in [7, 11) is 1.98.